The summed E-state index contributed by atoms with van der Waals surface area (Å²) in [5, 5.41) is 5.55. The zero-order valence-electron chi connectivity index (χ0n) is 9.40. The van der Waals surface area contributed by atoms with Gasteiger partial charge in [-0.25, -0.2) is 4.98 Å². The molecule has 0 bridgehead atoms. The molecule has 0 radical (unpaired) electrons. The number of nitrogens with two attached hydrogens (primary N) is 1. The van der Waals surface area contributed by atoms with Crippen LogP contribution in [0.1, 0.15) is 31.7 Å². The second-order valence-corrected chi connectivity index (χ2v) is 5.73. The number of unbranched alkanes of at least 4 members (excludes halogenated alkanes) is 2. The van der Waals surface area contributed by atoms with Gasteiger partial charge in [0.15, 0.2) is 4.34 Å². The molecule has 2 aromatic rings. The molecule has 0 aliphatic heterocycles. The summed E-state index contributed by atoms with van der Waals surface area (Å²) >= 11 is 2.92. The van der Waals surface area contributed by atoms with Gasteiger partial charge in [0.1, 0.15) is 0 Å². The van der Waals surface area contributed by atoms with Crippen LogP contribution in [0.15, 0.2) is 22.5 Å². The monoisotopic (exact) mass is 252 g/mol. The first-order valence-electron chi connectivity index (χ1n) is 5.60. The van der Waals surface area contributed by atoms with E-state index in [4.69, 9.17) is 5.14 Å². The van der Waals surface area contributed by atoms with Crippen LogP contribution in [0, 0.1) is 0 Å². The van der Waals surface area contributed by atoms with Gasteiger partial charge in [0.25, 0.3) is 0 Å². The highest BCUT2D eigenvalue weighted by Gasteiger charge is 2.07. The standard InChI is InChI=1S/C12H16N2S2/c1-2-3-4-6-9-7-5-8-10-11(9)14-12(15-10)16-13/h5,7-8H,2-4,6,13H2,1H3. The number of rotatable bonds is 5. The molecule has 1 aromatic heterocycles. The molecule has 0 aliphatic rings. The fourth-order valence-electron chi connectivity index (χ4n) is 1.80. The van der Waals surface area contributed by atoms with Gasteiger partial charge in [-0.05, 0) is 36.4 Å². The van der Waals surface area contributed by atoms with Gasteiger partial charge in [0.2, 0.25) is 0 Å². The molecule has 2 N–H and O–H groups in total. The van der Waals surface area contributed by atoms with Crippen molar-refractivity contribution in [3.8, 4) is 0 Å². The van der Waals surface area contributed by atoms with Gasteiger partial charge in [-0.3, -0.25) is 5.14 Å². The van der Waals surface area contributed by atoms with E-state index in [9.17, 15) is 0 Å². The Bertz CT molecular complexity index is 465. The average molecular weight is 252 g/mol. The molecule has 1 aromatic carbocycles. The lowest BCUT2D eigenvalue weighted by Crippen LogP contribution is -1.87. The highest BCUT2D eigenvalue weighted by Crippen LogP contribution is 2.29. The smallest absolute Gasteiger partial charge is 0.165 e. The number of fused-ring (bicyclic) bond motifs is 1. The van der Waals surface area contributed by atoms with Crippen molar-refractivity contribution in [3.63, 3.8) is 0 Å². The maximum absolute atomic E-state index is 5.55. The molecule has 0 amide bonds. The molecule has 1 heterocycles. The van der Waals surface area contributed by atoms with E-state index in [0.29, 0.717) is 0 Å². The van der Waals surface area contributed by atoms with Crippen LogP contribution < -0.4 is 5.14 Å². The van der Waals surface area contributed by atoms with Crippen molar-refractivity contribution in [2.75, 3.05) is 0 Å². The SMILES string of the molecule is CCCCCc1cccc2sc(SN)nc12. The Morgan fingerprint density at radius 2 is 2.25 bits per heavy atom. The van der Waals surface area contributed by atoms with Gasteiger partial charge in [-0.15, -0.1) is 11.3 Å². The Labute approximate surface area is 104 Å². The minimum absolute atomic E-state index is 0.956. The van der Waals surface area contributed by atoms with Crippen molar-refractivity contribution in [2.45, 2.75) is 36.9 Å². The average Bonchev–Trinajstić information content (AvgIpc) is 2.73. The fourth-order valence-corrected chi connectivity index (χ4v) is 3.15. The first kappa shape index (κ1) is 11.9. The molecule has 0 saturated heterocycles. The number of benzene rings is 1. The molecule has 4 heteroatoms. The van der Waals surface area contributed by atoms with Gasteiger partial charge >= 0.3 is 0 Å². The second kappa shape index (κ2) is 5.66. The number of aryl methyl sites for hydroxylation is 1. The summed E-state index contributed by atoms with van der Waals surface area (Å²) < 4.78 is 2.21. The van der Waals surface area contributed by atoms with E-state index in [2.05, 4.69) is 30.1 Å². The molecule has 0 spiro atoms. The van der Waals surface area contributed by atoms with Crippen LogP contribution in [0.5, 0.6) is 0 Å². The molecule has 16 heavy (non-hydrogen) atoms. The van der Waals surface area contributed by atoms with Gasteiger partial charge in [0, 0.05) is 0 Å². The van der Waals surface area contributed by atoms with Crippen LogP contribution in [-0.2, 0) is 6.42 Å². The first-order valence-corrected chi connectivity index (χ1v) is 7.30. The van der Waals surface area contributed by atoms with E-state index in [1.807, 2.05) is 0 Å². The Balaban J connectivity index is 2.26. The molecule has 2 rings (SSSR count). The van der Waals surface area contributed by atoms with Crippen LogP contribution in [0.3, 0.4) is 0 Å². The summed E-state index contributed by atoms with van der Waals surface area (Å²) in [6.07, 6.45) is 4.93. The van der Waals surface area contributed by atoms with Crippen molar-refractivity contribution in [1.82, 2.24) is 4.98 Å². The van der Waals surface area contributed by atoms with Crippen molar-refractivity contribution < 1.29 is 0 Å². The number of hydrogen-bond acceptors (Lipinski definition) is 4. The lowest BCUT2D eigenvalue weighted by atomic mass is 10.1. The quantitative estimate of drug-likeness (QED) is 0.646. The maximum Gasteiger partial charge on any atom is 0.165 e. The molecular weight excluding hydrogens is 236 g/mol. The third-order valence-electron chi connectivity index (χ3n) is 2.63. The van der Waals surface area contributed by atoms with E-state index in [-0.39, 0.29) is 0 Å². The Morgan fingerprint density at radius 1 is 1.38 bits per heavy atom. The topological polar surface area (TPSA) is 38.9 Å². The Hall–Kier alpha value is -0.580. The molecule has 0 unspecified atom stereocenters. The summed E-state index contributed by atoms with van der Waals surface area (Å²) in [6.45, 7) is 2.23. The highest BCUT2D eigenvalue weighted by molar-refractivity contribution is 7.99. The van der Waals surface area contributed by atoms with Crippen molar-refractivity contribution in [2.24, 2.45) is 5.14 Å². The predicted octanol–water partition coefficient (Wildman–Crippen LogP) is 3.99. The number of thiazole rings is 1. The number of hydrogen-bond donors (Lipinski definition) is 1. The molecule has 0 atom stereocenters. The molecule has 2 nitrogen and oxygen atoms in total. The van der Waals surface area contributed by atoms with Gasteiger partial charge in [-0.2, -0.15) is 0 Å². The predicted molar refractivity (Wildman–Crippen MR) is 72.9 cm³/mol. The zero-order valence-corrected chi connectivity index (χ0v) is 11.0. The summed E-state index contributed by atoms with van der Waals surface area (Å²) in [7, 11) is 0. The van der Waals surface area contributed by atoms with Crippen molar-refractivity contribution in [3.05, 3.63) is 23.8 Å². The zero-order chi connectivity index (χ0) is 11.4. The number of aromatic nitrogens is 1. The third kappa shape index (κ3) is 2.56. The maximum atomic E-state index is 5.55. The molecular formula is C12H16N2S2. The van der Waals surface area contributed by atoms with E-state index in [1.54, 1.807) is 11.3 Å². The molecule has 0 fully saturated rings. The normalized spacial score (nSPS) is 11.1. The third-order valence-corrected chi connectivity index (χ3v) is 4.28. The van der Waals surface area contributed by atoms with E-state index in [1.165, 1.54) is 41.5 Å². The number of nitrogens with zero attached hydrogens (tertiary/aromatic N) is 1. The largest absolute Gasteiger partial charge is 0.272 e. The summed E-state index contributed by atoms with van der Waals surface area (Å²) in [5.41, 5.74) is 2.51. The van der Waals surface area contributed by atoms with E-state index in [0.717, 1.165) is 16.3 Å². The van der Waals surface area contributed by atoms with Crippen LogP contribution in [0.4, 0.5) is 0 Å². The van der Waals surface area contributed by atoms with E-state index < -0.39 is 0 Å². The highest BCUT2D eigenvalue weighted by atomic mass is 32.2. The fraction of sp³-hybridized carbons (Fsp3) is 0.417. The second-order valence-electron chi connectivity index (χ2n) is 3.82. The van der Waals surface area contributed by atoms with Crippen molar-refractivity contribution >= 4 is 33.5 Å². The Kier molecular flexibility index (Phi) is 4.21. The summed E-state index contributed by atoms with van der Waals surface area (Å²) in [5.74, 6) is 0. The minimum atomic E-state index is 0.956. The lowest BCUT2D eigenvalue weighted by molar-refractivity contribution is 0.719. The molecule has 86 valence electrons. The summed E-state index contributed by atoms with van der Waals surface area (Å²) in [6, 6.07) is 6.42. The lowest BCUT2D eigenvalue weighted by Gasteiger charge is -2.01. The van der Waals surface area contributed by atoms with Crippen LogP contribution in [0.2, 0.25) is 0 Å². The van der Waals surface area contributed by atoms with E-state index >= 15 is 0 Å². The summed E-state index contributed by atoms with van der Waals surface area (Å²) in [4.78, 5) is 4.57. The minimum Gasteiger partial charge on any atom is -0.272 e. The van der Waals surface area contributed by atoms with Gasteiger partial charge in [0.05, 0.1) is 10.2 Å². The Morgan fingerprint density at radius 3 is 3.00 bits per heavy atom. The number of para-hydroxylation sites is 1. The first-order chi connectivity index (χ1) is 7.85. The molecule has 0 aliphatic carbocycles. The van der Waals surface area contributed by atoms with Crippen molar-refractivity contribution in [1.29, 1.82) is 0 Å². The van der Waals surface area contributed by atoms with Crippen LogP contribution in [0.25, 0.3) is 10.2 Å². The van der Waals surface area contributed by atoms with Crippen LogP contribution >= 0.6 is 23.3 Å². The van der Waals surface area contributed by atoms with Gasteiger partial charge < -0.3 is 0 Å². The van der Waals surface area contributed by atoms with Crippen LogP contribution in [-0.4, -0.2) is 4.98 Å². The van der Waals surface area contributed by atoms with Gasteiger partial charge in [-0.1, -0.05) is 31.9 Å². The molecule has 0 saturated carbocycles.